The number of hydrogen-bond acceptors (Lipinski definition) is 4. The van der Waals surface area contributed by atoms with Gasteiger partial charge in [-0.25, -0.2) is 9.18 Å². The summed E-state index contributed by atoms with van der Waals surface area (Å²) in [6.07, 6.45) is -1.71. The van der Waals surface area contributed by atoms with Crippen LogP contribution in [0.4, 0.5) is 9.18 Å². The maximum Gasteiger partial charge on any atom is 0.411 e. The highest BCUT2D eigenvalue weighted by molar-refractivity contribution is 5.97. The summed E-state index contributed by atoms with van der Waals surface area (Å²) < 4.78 is 18.0. The van der Waals surface area contributed by atoms with Crippen molar-refractivity contribution in [2.75, 3.05) is 19.6 Å². The Hall–Kier alpha value is -1.66. The summed E-state index contributed by atoms with van der Waals surface area (Å²) in [5.74, 6) is -0.567. The van der Waals surface area contributed by atoms with Crippen LogP contribution in [0.25, 0.3) is 0 Å². The highest BCUT2D eigenvalue weighted by Crippen LogP contribution is 2.23. The molecule has 1 atom stereocenters. The van der Waals surface area contributed by atoms with Gasteiger partial charge in [-0.1, -0.05) is 0 Å². The molecule has 0 aromatic rings. The molecule has 112 valence electrons. The highest BCUT2D eigenvalue weighted by atomic mass is 19.1. The molecule has 0 radical (unpaired) electrons. The van der Waals surface area contributed by atoms with E-state index in [1.54, 1.807) is 20.8 Å². The van der Waals surface area contributed by atoms with Gasteiger partial charge in [0.25, 0.3) is 0 Å². The first-order valence-corrected chi connectivity index (χ1v) is 6.61. The second-order valence-corrected chi connectivity index (χ2v) is 6.21. The van der Waals surface area contributed by atoms with Crippen LogP contribution in [0.2, 0.25) is 0 Å². The van der Waals surface area contributed by atoms with Crippen molar-refractivity contribution < 1.29 is 23.5 Å². The maximum absolute atomic E-state index is 12.8. The molecule has 0 saturated carbocycles. The number of rotatable bonds is 1. The van der Waals surface area contributed by atoms with E-state index in [1.807, 2.05) is 0 Å². The summed E-state index contributed by atoms with van der Waals surface area (Å²) in [6, 6.07) is -0.857. The summed E-state index contributed by atoms with van der Waals surface area (Å²) in [6.45, 7) is 5.07. The van der Waals surface area contributed by atoms with E-state index in [4.69, 9.17) is 4.74 Å². The number of nitrogens with zero attached hydrogens (tertiary/aromatic N) is 2. The fraction of sp³-hybridized carbons (Fsp3) is 0.769. The van der Waals surface area contributed by atoms with Crippen molar-refractivity contribution in [2.45, 2.75) is 45.0 Å². The van der Waals surface area contributed by atoms with Gasteiger partial charge in [-0.15, -0.1) is 0 Å². The second kappa shape index (κ2) is 5.03. The fourth-order valence-corrected chi connectivity index (χ4v) is 2.24. The van der Waals surface area contributed by atoms with E-state index < -0.39 is 23.9 Å². The Labute approximate surface area is 116 Å². The SMILES string of the molecule is CC(C)(C)OC(=O)N1CC(=O)CC1C(=O)N1CC(F)C1. The minimum Gasteiger partial charge on any atom is -0.444 e. The van der Waals surface area contributed by atoms with E-state index in [0.29, 0.717) is 0 Å². The van der Waals surface area contributed by atoms with Crippen LogP contribution < -0.4 is 0 Å². The number of carbonyl (C=O) groups is 3. The monoisotopic (exact) mass is 286 g/mol. The molecular formula is C13H19FN2O4. The second-order valence-electron chi connectivity index (χ2n) is 6.21. The predicted molar refractivity (Wildman–Crippen MR) is 67.8 cm³/mol. The Morgan fingerprint density at radius 3 is 2.40 bits per heavy atom. The molecule has 2 rings (SSSR count). The number of hydrogen-bond donors (Lipinski definition) is 0. The van der Waals surface area contributed by atoms with Crippen LogP contribution in [0.3, 0.4) is 0 Å². The van der Waals surface area contributed by atoms with E-state index in [2.05, 4.69) is 0 Å². The Morgan fingerprint density at radius 1 is 1.30 bits per heavy atom. The van der Waals surface area contributed by atoms with Crippen molar-refractivity contribution in [1.29, 1.82) is 0 Å². The molecular weight excluding hydrogens is 267 g/mol. The van der Waals surface area contributed by atoms with Crippen LogP contribution in [0, 0.1) is 0 Å². The molecule has 2 heterocycles. The van der Waals surface area contributed by atoms with Crippen LogP contribution >= 0.6 is 0 Å². The summed E-state index contributed by atoms with van der Waals surface area (Å²) in [5, 5.41) is 0. The average molecular weight is 286 g/mol. The molecule has 7 heteroatoms. The summed E-state index contributed by atoms with van der Waals surface area (Å²) in [7, 11) is 0. The number of Topliss-reactive ketones (excluding diaryl/α,β-unsaturated/α-hetero) is 1. The lowest BCUT2D eigenvalue weighted by molar-refractivity contribution is -0.143. The molecule has 2 saturated heterocycles. The molecule has 0 aromatic carbocycles. The quantitative estimate of drug-likeness (QED) is 0.713. The molecule has 0 aliphatic carbocycles. The van der Waals surface area contributed by atoms with Crippen LogP contribution in [0.15, 0.2) is 0 Å². The topological polar surface area (TPSA) is 66.9 Å². The number of alkyl halides is 1. The van der Waals surface area contributed by atoms with Gasteiger partial charge in [0.2, 0.25) is 5.91 Å². The van der Waals surface area contributed by atoms with E-state index >= 15 is 0 Å². The number of ketones is 1. The number of halogens is 1. The lowest BCUT2D eigenvalue weighted by atomic mass is 10.1. The third-order valence-corrected chi connectivity index (χ3v) is 3.21. The molecule has 2 fully saturated rings. The van der Waals surface area contributed by atoms with E-state index in [9.17, 15) is 18.8 Å². The average Bonchev–Trinajstić information content (AvgIpc) is 2.64. The zero-order chi connectivity index (χ0) is 15.1. The third kappa shape index (κ3) is 3.08. The Balaban J connectivity index is 2.04. The molecule has 1 unspecified atom stereocenters. The van der Waals surface area contributed by atoms with Crippen molar-refractivity contribution >= 4 is 17.8 Å². The van der Waals surface area contributed by atoms with Gasteiger partial charge in [-0.2, -0.15) is 0 Å². The minimum atomic E-state index is -1.01. The van der Waals surface area contributed by atoms with Gasteiger partial charge in [0.05, 0.1) is 19.6 Å². The van der Waals surface area contributed by atoms with Crippen molar-refractivity contribution in [2.24, 2.45) is 0 Å². The van der Waals surface area contributed by atoms with E-state index in [0.717, 1.165) is 4.90 Å². The first-order chi connectivity index (χ1) is 9.17. The maximum atomic E-state index is 12.8. The number of likely N-dealkylation sites (tertiary alicyclic amines) is 2. The predicted octanol–water partition coefficient (Wildman–Crippen LogP) is 0.745. The highest BCUT2D eigenvalue weighted by Gasteiger charge is 2.44. The van der Waals surface area contributed by atoms with Gasteiger partial charge >= 0.3 is 6.09 Å². The molecule has 6 nitrogen and oxygen atoms in total. The van der Waals surface area contributed by atoms with Crippen molar-refractivity contribution in [3.05, 3.63) is 0 Å². The summed E-state index contributed by atoms with van der Waals surface area (Å²) in [5.41, 5.74) is -0.697. The van der Waals surface area contributed by atoms with Gasteiger partial charge in [-0.05, 0) is 20.8 Å². The van der Waals surface area contributed by atoms with E-state index in [-0.39, 0.29) is 37.7 Å². The summed E-state index contributed by atoms with van der Waals surface area (Å²) in [4.78, 5) is 38.2. The van der Waals surface area contributed by atoms with Crippen LogP contribution in [-0.4, -0.2) is 65.0 Å². The van der Waals surface area contributed by atoms with Crippen LogP contribution in [0.1, 0.15) is 27.2 Å². The third-order valence-electron chi connectivity index (χ3n) is 3.21. The first-order valence-electron chi connectivity index (χ1n) is 6.61. The smallest absolute Gasteiger partial charge is 0.411 e. The standard InChI is InChI=1S/C13H19FN2O4/c1-13(2,3)20-12(19)16-7-9(17)4-10(16)11(18)15-5-8(14)6-15/h8,10H,4-7H2,1-3H3. The van der Waals surface area contributed by atoms with Crippen molar-refractivity contribution in [3.8, 4) is 0 Å². The zero-order valence-electron chi connectivity index (χ0n) is 11.9. The van der Waals surface area contributed by atoms with Gasteiger partial charge in [0.15, 0.2) is 5.78 Å². The Kier molecular flexibility index (Phi) is 3.71. The molecule has 0 N–H and O–H groups in total. The molecule has 0 bridgehead atoms. The van der Waals surface area contributed by atoms with Gasteiger partial charge in [0, 0.05) is 6.42 Å². The fourth-order valence-electron chi connectivity index (χ4n) is 2.24. The number of carbonyl (C=O) groups excluding carboxylic acids is 3. The van der Waals surface area contributed by atoms with Crippen molar-refractivity contribution in [1.82, 2.24) is 9.80 Å². The molecule has 2 aliphatic heterocycles. The van der Waals surface area contributed by atoms with Crippen molar-refractivity contribution in [3.63, 3.8) is 0 Å². The number of amides is 2. The zero-order valence-corrected chi connectivity index (χ0v) is 11.9. The van der Waals surface area contributed by atoms with Gasteiger partial charge < -0.3 is 9.64 Å². The molecule has 0 spiro atoms. The Morgan fingerprint density at radius 2 is 1.90 bits per heavy atom. The normalized spacial score (nSPS) is 23.8. The minimum absolute atomic E-state index is 0.0223. The van der Waals surface area contributed by atoms with Gasteiger partial charge in [-0.3, -0.25) is 14.5 Å². The van der Waals surface area contributed by atoms with Crippen LogP contribution in [-0.2, 0) is 14.3 Å². The lowest BCUT2D eigenvalue weighted by Gasteiger charge is -2.37. The molecule has 2 amide bonds. The lowest BCUT2D eigenvalue weighted by Crippen LogP contribution is -2.57. The van der Waals surface area contributed by atoms with E-state index in [1.165, 1.54) is 4.90 Å². The van der Waals surface area contributed by atoms with Crippen LogP contribution in [0.5, 0.6) is 0 Å². The Bertz CT molecular complexity index is 440. The first kappa shape index (κ1) is 14.7. The molecule has 2 aliphatic rings. The molecule has 0 aromatic heterocycles. The largest absolute Gasteiger partial charge is 0.444 e. The number of ether oxygens (including phenoxy) is 1. The summed E-state index contributed by atoms with van der Waals surface area (Å²) >= 11 is 0. The van der Waals surface area contributed by atoms with Gasteiger partial charge in [0.1, 0.15) is 17.8 Å². The molecule has 20 heavy (non-hydrogen) atoms.